The zero-order valence-electron chi connectivity index (χ0n) is 13.2. The highest BCUT2D eigenvalue weighted by Crippen LogP contribution is 2.45. The van der Waals surface area contributed by atoms with Gasteiger partial charge in [0.2, 0.25) is 0 Å². The van der Waals surface area contributed by atoms with Crippen molar-refractivity contribution in [1.29, 1.82) is 0 Å². The summed E-state index contributed by atoms with van der Waals surface area (Å²) >= 11 is 6.42. The van der Waals surface area contributed by atoms with Crippen molar-refractivity contribution < 1.29 is 8.42 Å². The molecule has 1 N–H and O–H groups in total. The van der Waals surface area contributed by atoms with E-state index in [1.54, 1.807) is 18.3 Å². The van der Waals surface area contributed by atoms with Gasteiger partial charge in [0.05, 0.1) is 21.1 Å². The summed E-state index contributed by atoms with van der Waals surface area (Å²) in [5, 5.41) is 1.28. The third-order valence-electron chi connectivity index (χ3n) is 4.33. The summed E-state index contributed by atoms with van der Waals surface area (Å²) in [7, 11) is -3.64. The van der Waals surface area contributed by atoms with Gasteiger partial charge in [-0.25, -0.2) is 8.42 Å². The maximum Gasteiger partial charge on any atom is 0.262 e. The van der Waals surface area contributed by atoms with E-state index in [0.717, 1.165) is 16.5 Å². The fraction of sp³-hybridized carbons (Fsp3) is 0.167. The molecule has 122 valence electrons. The quantitative estimate of drug-likeness (QED) is 0.680. The molecular formula is C18H15ClN2O2S. The van der Waals surface area contributed by atoms with Crippen LogP contribution >= 0.6 is 11.6 Å². The standard InChI is InChI=1S/C18H15ClN2O2S/c1-10(2)11-5-6-16-13(8-11)14-9-15(19)12-4-3-7-20-17(12)18(14)21-24(16,22)23/h3-10,21H,1-2H3. The van der Waals surface area contributed by atoms with E-state index in [1.165, 1.54) is 0 Å². The average molecular weight is 359 g/mol. The number of hydrogen-bond acceptors (Lipinski definition) is 3. The van der Waals surface area contributed by atoms with E-state index in [2.05, 4.69) is 23.6 Å². The van der Waals surface area contributed by atoms with Crippen LogP contribution in [-0.2, 0) is 10.0 Å². The molecular weight excluding hydrogens is 344 g/mol. The van der Waals surface area contributed by atoms with Gasteiger partial charge >= 0.3 is 0 Å². The van der Waals surface area contributed by atoms with Gasteiger partial charge in [0.15, 0.2) is 0 Å². The maximum atomic E-state index is 12.7. The number of nitrogens with zero attached hydrogens (tertiary/aromatic N) is 1. The van der Waals surface area contributed by atoms with Gasteiger partial charge < -0.3 is 0 Å². The minimum atomic E-state index is -3.64. The Bertz CT molecular complexity index is 1090. The number of benzene rings is 2. The van der Waals surface area contributed by atoms with Crippen LogP contribution in [0.4, 0.5) is 5.69 Å². The molecule has 24 heavy (non-hydrogen) atoms. The first-order valence-electron chi connectivity index (χ1n) is 7.63. The number of sulfonamides is 1. The van der Waals surface area contributed by atoms with Crippen LogP contribution in [0.5, 0.6) is 0 Å². The summed E-state index contributed by atoms with van der Waals surface area (Å²) < 4.78 is 28.0. The van der Waals surface area contributed by atoms with E-state index in [1.807, 2.05) is 24.3 Å². The summed E-state index contributed by atoms with van der Waals surface area (Å²) in [5.41, 5.74) is 3.56. The van der Waals surface area contributed by atoms with Crippen molar-refractivity contribution in [2.45, 2.75) is 24.7 Å². The zero-order valence-corrected chi connectivity index (χ0v) is 14.7. The third kappa shape index (κ3) is 2.19. The minimum absolute atomic E-state index is 0.269. The smallest absolute Gasteiger partial charge is 0.262 e. The zero-order chi connectivity index (χ0) is 17.1. The van der Waals surface area contributed by atoms with Crippen molar-refractivity contribution >= 4 is 38.2 Å². The Morgan fingerprint density at radius 2 is 1.92 bits per heavy atom. The molecule has 0 unspecified atom stereocenters. The molecule has 1 aromatic heterocycles. The van der Waals surface area contributed by atoms with Crippen molar-refractivity contribution in [3.63, 3.8) is 0 Å². The van der Waals surface area contributed by atoms with E-state index in [9.17, 15) is 8.42 Å². The molecule has 0 amide bonds. The Hall–Kier alpha value is -2.11. The van der Waals surface area contributed by atoms with E-state index >= 15 is 0 Å². The number of halogens is 1. The SMILES string of the molecule is CC(C)c1ccc2c(c1)-c1cc(Cl)c3cccnc3c1NS2(=O)=O. The van der Waals surface area contributed by atoms with Gasteiger partial charge in [0, 0.05) is 22.7 Å². The average Bonchev–Trinajstić information content (AvgIpc) is 2.56. The molecule has 0 atom stereocenters. The molecule has 4 nitrogen and oxygen atoms in total. The van der Waals surface area contributed by atoms with Gasteiger partial charge in [0.25, 0.3) is 10.0 Å². The molecule has 0 saturated heterocycles. The van der Waals surface area contributed by atoms with Crippen LogP contribution in [0.25, 0.3) is 22.0 Å². The lowest BCUT2D eigenvalue weighted by Crippen LogP contribution is -2.19. The van der Waals surface area contributed by atoms with Crippen LogP contribution < -0.4 is 4.72 Å². The molecule has 3 aromatic rings. The van der Waals surface area contributed by atoms with Crippen LogP contribution in [0, 0.1) is 0 Å². The monoisotopic (exact) mass is 358 g/mol. The predicted molar refractivity (Wildman–Crippen MR) is 97.1 cm³/mol. The second-order valence-electron chi connectivity index (χ2n) is 6.20. The van der Waals surface area contributed by atoms with Crippen molar-refractivity contribution in [3.8, 4) is 11.1 Å². The molecule has 4 rings (SSSR count). The molecule has 0 bridgehead atoms. The highest BCUT2D eigenvalue weighted by Gasteiger charge is 2.30. The van der Waals surface area contributed by atoms with Crippen molar-refractivity contribution in [3.05, 3.63) is 53.2 Å². The molecule has 0 saturated carbocycles. The number of hydrogen-bond donors (Lipinski definition) is 1. The topological polar surface area (TPSA) is 59.1 Å². The molecule has 2 heterocycles. The molecule has 0 radical (unpaired) electrons. The van der Waals surface area contributed by atoms with Crippen LogP contribution in [0.2, 0.25) is 5.02 Å². The summed E-state index contributed by atoms with van der Waals surface area (Å²) in [4.78, 5) is 4.61. The predicted octanol–water partition coefficient (Wildman–Crippen LogP) is 4.79. The first-order valence-corrected chi connectivity index (χ1v) is 9.49. The Morgan fingerprint density at radius 1 is 1.12 bits per heavy atom. The lowest BCUT2D eigenvalue weighted by Gasteiger charge is -2.24. The Balaban J connectivity index is 2.14. The normalized spacial score (nSPS) is 15.0. The Labute approximate surface area is 145 Å². The van der Waals surface area contributed by atoms with Crippen LogP contribution in [0.1, 0.15) is 25.3 Å². The van der Waals surface area contributed by atoms with E-state index in [4.69, 9.17) is 11.6 Å². The van der Waals surface area contributed by atoms with Crippen LogP contribution in [0.3, 0.4) is 0 Å². The molecule has 0 fully saturated rings. The summed E-state index contributed by atoms with van der Waals surface area (Å²) in [6.07, 6.45) is 1.63. The van der Waals surface area contributed by atoms with Gasteiger partial charge in [-0.2, -0.15) is 0 Å². The highest BCUT2D eigenvalue weighted by molar-refractivity contribution is 7.93. The number of fused-ring (bicyclic) bond motifs is 5. The Morgan fingerprint density at radius 3 is 2.67 bits per heavy atom. The lowest BCUT2D eigenvalue weighted by molar-refractivity contribution is 0.601. The molecule has 6 heteroatoms. The molecule has 0 spiro atoms. The number of aromatic nitrogens is 1. The van der Waals surface area contributed by atoms with Gasteiger partial charge in [-0.15, -0.1) is 0 Å². The first kappa shape index (κ1) is 15.4. The maximum absolute atomic E-state index is 12.7. The summed E-state index contributed by atoms with van der Waals surface area (Å²) in [5.74, 6) is 0.297. The van der Waals surface area contributed by atoms with Crippen molar-refractivity contribution in [1.82, 2.24) is 4.98 Å². The number of rotatable bonds is 1. The molecule has 2 aromatic carbocycles. The molecule has 1 aliphatic heterocycles. The molecule has 0 aliphatic carbocycles. The summed E-state index contributed by atoms with van der Waals surface area (Å²) in [6, 6.07) is 10.9. The van der Waals surface area contributed by atoms with Gasteiger partial charge in [0.1, 0.15) is 0 Å². The largest absolute Gasteiger partial charge is 0.277 e. The second-order valence-corrected chi connectivity index (χ2v) is 8.25. The van der Waals surface area contributed by atoms with Gasteiger partial charge in [-0.05, 0) is 41.8 Å². The van der Waals surface area contributed by atoms with Crippen LogP contribution in [0.15, 0.2) is 47.5 Å². The summed E-state index contributed by atoms with van der Waals surface area (Å²) in [6.45, 7) is 4.15. The first-order chi connectivity index (χ1) is 11.4. The second kappa shape index (κ2) is 5.19. The fourth-order valence-electron chi connectivity index (χ4n) is 3.06. The van der Waals surface area contributed by atoms with Crippen LogP contribution in [-0.4, -0.2) is 13.4 Å². The van der Waals surface area contributed by atoms with Crippen molar-refractivity contribution in [2.75, 3.05) is 4.72 Å². The minimum Gasteiger partial charge on any atom is -0.277 e. The Kier molecular flexibility index (Phi) is 3.34. The van der Waals surface area contributed by atoms with Gasteiger partial charge in [-0.1, -0.05) is 31.5 Å². The van der Waals surface area contributed by atoms with Gasteiger partial charge in [-0.3, -0.25) is 9.71 Å². The third-order valence-corrected chi connectivity index (χ3v) is 6.05. The van der Waals surface area contributed by atoms with E-state index < -0.39 is 10.0 Å². The highest BCUT2D eigenvalue weighted by atomic mass is 35.5. The fourth-order valence-corrected chi connectivity index (χ4v) is 4.61. The lowest BCUT2D eigenvalue weighted by atomic mass is 9.95. The van der Waals surface area contributed by atoms with E-state index in [0.29, 0.717) is 27.7 Å². The number of pyridine rings is 1. The molecule has 1 aliphatic rings. The number of nitrogens with one attached hydrogen (secondary N) is 1. The number of anilines is 1. The van der Waals surface area contributed by atoms with E-state index in [-0.39, 0.29) is 4.90 Å². The van der Waals surface area contributed by atoms with Crippen molar-refractivity contribution in [2.24, 2.45) is 0 Å².